The summed E-state index contributed by atoms with van der Waals surface area (Å²) < 4.78 is 0. The molecule has 0 heterocycles. The summed E-state index contributed by atoms with van der Waals surface area (Å²) >= 11 is 0. The number of aromatic hydroxyl groups is 3. The molecular weight excluding hydrogens is 158 g/mol. The molecule has 0 aliphatic carbocycles. The van der Waals surface area contributed by atoms with Gasteiger partial charge in [-0.05, 0) is 7.05 Å². The Bertz CT molecular complexity index is 263. The molecule has 1 aromatic rings. The van der Waals surface area contributed by atoms with Crippen LogP contribution in [0.1, 0.15) is 5.56 Å². The number of phenolic OH excluding ortho intramolecular Hbond substituents is 3. The topological polar surface area (TPSA) is 72.7 Å². The van der Waals surface area contributed by atoms with Crippen molar-refractivity contribution in [2.24, 2.45) is 0 Å². The highest BCUT2D eigenvalue weighted by molar-refractivity contribution is 5.48. The smallest absolute Gasteiger partial charge is 0.127 e. The summed E-state index contributed by atoms with van der Waals surface area (Å²) in [6, 6.07) is 2.37. The van der Waals surface area contributed by atoms with E-state index in [0.29, 0.717) is 12.1 Å². The molecule has 0 spiro atoms. The fourth-order valence-corrected chi connectivity index (χ4v) is 0.985. The summed E-state index contributed by atoms with van der Waals surface area (Å²) in [5, 5.41) is 30.2. The van der Waals surface area contributed by atoms with Gasteiger partial charge in [0, 0.05) is 24.2 Å². The zero-order valence-corrected chi connectivity index (χ0v) is 6.70. The van der Waals surface area contributed by atoms with Crippen LogP contribution in [0.2, 0.25) is 0 Å². The van der Waals surface area contributed by atoms with Crippen LogP contribution < -0.4 is 5.32 Å². The zero-order chi connectivity index (χ0) is 9.14. The van der Waals surface area contributed by atoms with Crippen molar-refractivity contribution in [3.05, 3.63) is 17.7 Å². The van der Waals surface area contributed by atoms with Crippen molar-refractivity contribution in [1.82, 2.24) is 5.32 Å². The number of rotatable bonds is 2. The van der Waals surface area contributed by atoms with E-state index < -0.39 is 0 Å². The van der Waals surface area contributed by atoms with Gasteiger partial charge in [0.1, 0.15) is 17.2 Å². The largest absolute Gasteiger partial charge is 0.508 e. The number of nitrogens with one attached hydrogen (secondary N) is 1. The van der Waals surface area contributed by atoms with E-state index in [2.05, 4.69) is 5.32 Å². The fraction of sp³-hybridized carbons (Fsp3) is 0.250. The van der Waals surface area contributed by atoms with Crippen LogP contribution in [0, 0.1) is 0 Å². The van der Waals surface area contributed by atoms with Crippen LogP contribution in [0.5, 0.6) is 17.2 Å². The summed E-state index contributed by atoms with van der Waals surface area (Å²) in [5.74, 6) is -0.367. The highest BCUT2D eigenvalue weighted by atomic mass is 16.3. The molecule has 0 amide bonds. The van der Waals surface area contributed by atoms with Crippen molar-refractivity contribution in [2.75, 3.05) is 7.05 Å². The Morgan fingerprint density at radius 3 is 2.08 bits per heavy atom. The van der Waals surface area contributed by atoms with Gasteiger partial charge in [-0.25, -0.2) is 0 Å². The first-order chi connectivity index (χ1) is 5.65. The third kappa shape index (κ3) is 1.60. The highest BCUT2D eigenvalue weighted by Crippen LogP contribution is 2.31. The Morgan fingerprint density at radius 2 is 1.67 bits per heavy atom. The van der Waals surface area contributed by atoms with E-state index in [1.165, 1.54) is 12.1 Å². The first kappa shape index (κ1) is 8.67. The first-order valence-electron chi connectivity index (χ1n) is 3.53. The predicted octanol–water partition coefficient (Wildman–Crippen LogP) is 0.523. The van der Waals surface area contributed by atoms with Gasteiger partial charge in [-0.2, -0.15) is 0 Å². The normalized spacial score (nSPS) is 10.1. The highest BCUT2D eigenvalue weighted by Gasteiger charge is 2.07. The number of phenols is 3. The second-order valence-electron chi connectivity index (χ2n) is 2.49. The maximum atomic E-state index is 9.24. The van der Waals surface area contributed by atoms with Crippen LogP contribution >= 0.6 is 0 Å². The van der Waals surface area contributed by atoms with E-state index >= 15 is 0 Å². The van der Waals surface area contributed by atoms with Gasteiger partial charge in [-0.1, -0.05) is 0 Å². The van der Waals surface area contributed by atoms with E-state index in [9.17, 15) is 10.2 Å². The van der Waals surface area contributed by atoms with Gasteiger partial charge >= 0.3 is 0 Å². The molecular formula is C8H11NO3. The minimum absolute atomic E-state index is 0.109. The lowest BCUT2D eigenvalue weighted by Gasteiger charge is -2.06. The van der Waals surface area contributed by atoms with Gasteiger partial charge in [-0.3, -0.25) is 0 Å². The Balaban J connectivity index is 3.10. The molecule has 0 aliphatic heterocycles. The Hall–Kier alpha value is -1.42. The van der Waals surface area contributed by atoms with Gasteiger partial charge < -0.3 is 20.6 Å². The summed E-state index contributed by atoms with van der Waals surface area (Å²) in [7, 11) is 1.70. The number of hydrogen-bond acceptors (Lipinski definition) is 4. The summed E-state index contributed by atoms with van der Waals surface area (Å²) in [5.41, 5.74) is 0.385. The minimum Gasteiger partial charge on any atom is -0.508 e. The SMILES string of the molecule is CNCc1c(O)cc(O)cc1O. The molecule has 0 saturated heterocycles. The lowest BCUT2D eigenvalue weighted by atomic mass is 10.1. The van der Waals surface area contributed by atoms with Gasteiger partial charge in [0.25, 0.3) is 0 Å². The lowest BCUT2D eigenvalue weighted by molar-refractivity contribution is 0.417. The monoisotopic (exact) mass is 169 g/mol. The van der Waals surface area contributed by atoms with Crippen LogP contribution in [0.4, 0.5) is 0 Å². The molecule has 4 N–H and O–H groups in total. The minimum atomic E-state index is -0.148. The van der Waals surface area contributed by atoms with E-state index in [1.54, 1.807) is 7.05 Å². The molecule has 4 nitrogen and oxygen atoms in total. The Kier molecular flexibility index (Phi) is 2.40. The molecule has 1 aromatic carbocycles. The Labute approximate surface area is 70.1 Å². The number of hydrogen-bond donors (Lipinski definition) is 4. The van der Waals surface area contributed by atoms with Crippen LogP contribution in [-0.4, -0.2) is 22.4 Å². The fourth-order valence-electron chi connectivity index (χ4n) is 0.985. The van der Waals surface area contributed by atoms with Crippen LogP contribution in [0.15, 0.2) is 12.1 Å². The summed E-state index contributed by atoms with van der Waals surface area (Å²) in [6.07, 6.45) is 0. The molecule has 12 heavy (non-hydrogen) atoms. The third-order valence-electron chi connectivity index (χ3n) is 1.54. The van der Waals surface area contributed by atoms with Crippen LogP contribution in [0.3, 0.4) is 0 Å². The van der Waals surface area contributed by atoms with Crippen molar-refractivity contribution in [1.29, 1.82) is 0 Å². The molecule has 0 saturated carbocycles. The van der Waals surface area contributed by atoms with Crippen molar-refractivity contribution < 1.29 is 15.3 Å². The molecule has 1 rings (SSSR count). The standard InChI is InChI=1S/C8H11NO3/c1-9-4-6-7(11)2-5(10)3-8(6)12/h2-3,9-12H,4H2,1H3. The van der Waals surface area contributed by atoms with Crippen molar-refractivity contribution in [3.63, 3.8) is 0 Å². The van der Waals surface area contributed by atoms with E-state index in [4.69, 9.17) is 5.11 Å². The van der Waals surface area contributed by atoms with Gasteiger partial charge in [0.2, 0.25) is 0 Å². The van der Waals surface area contributed by atoms with Crippen molar-refractivity contribution >= 4 is 0 Å². The third-order valence-corrected chi connectivity index (χ3v) is 1.54. The maximum absolute atomic E-state index is 9.24. The van der Waals surface area contributed by atoms with Gasteiger partial charge in [0.05, 0.1) is 0 Å². The van der Waals surface area contributed by atoms with Gasteiger partial charge in [0.15, 0.2) is 0 Å². The molecule has 0 bridgehead atoms. The first-order valence-corrected chi connectivity index (χ1v) is 3.53. The van der Waals surface area contributed by atoms with Gasteiger partial charge in [-0.15, -0.1) is 0 Å². The van der Waals surface area contributed by atoms with Crippen LogP contribution in [0.25, 0.3) is 0 Å². The van der Waals surface area contributed by atoms with E-state index in [1.807, 2.05) is 0 Å². The second kappa shape index (κ2) is 3.32. The molecule has 0 unspecified atom stereocenters. The molecule has 66 valence electrons. The quantitative estimate of drug-likeness (QED) is 0.521. The average Bonchev–Trinajstić information content (AvgIpc) is 1.96. The molecule has 0 fully saturated rings. The average molecular weight is 169 g/mol. The Morgan fingerprint density at radius 1 is 1.17 bits per heavy atom. The molecule has 4 heteroatoms. The molecule has 0 aromatic heterocycles. The summed E-state index contributed by atoms with van der Waals surface area (Å²) in [6.45, 7) is 0.359. The second-order valence-corrected chi connectivity index (χ2v) is 2.49. The van der Waals surface area contributed by atoms with E-state index in [0.717, 1.165) is 0 Å². The predicted molar refractivity (Wildman–Crippen MR) is 44.2 cm³/mol. The van der Waals surface area contributed by atoms with Crippen LogP contribution in [-0.2, 0) is 6.54 Å². The number of benzene rings is 1. The van der Waals surface area contributed by atoms with Crippen molar-refractivity contribution in [3.8, 4) is 17.2 Å². The summed E-state index contributed by atoms with van der Waals surface area (Å²) in [4.78, 5) is 0. The lowest BCUT2D eigenvalue weighted by Crippen LogP contribution is -2.05. The molecule has 0 radical (unpaired) electrons. The molecule has 0 aliphatic rings. The maximum Gasteiger partial charge on any atom is 0.127 e. The molecule has 0 atom stereocenters. The van der Waals surface area contributed by atoms with Crippen molar-refractivity contribution in [2.45, 2.75) is 6.54 Å². The zero-order valence-electron chi connectivity index (χ0n) is 6.70. The van der Waals surface area contributed by atoms with E-state index in [-0.39, 0.29) is 17.2 Å².